The fourth-order valence-corrected chi connectivity index (χ4v) is 0.309. The van der Waals surface area contributed by atoms with Crippen molar-refractivity contribution in [3.8, 4) is 0 Å². The van der Waals surface area contributed by atoms with Crippen LogP contribution in [0.25, 0.3) is 0 Å². The number of allylic oxidation sites excluding steroid dienone is 2. The van der Waals surface area contributed by atoms with Crippen LogP contribution in [-0.2, 0) is 0 Å². The largest absolute Gasteiger partial charge is 0.296 e. The van der Waals surface area contributed by atoms with E-state index in [1.54, 1.807) is 13.3 Å². The standard InChI is InChI=1S/C5H9N.C4H7F.C2H6/c1-5(2)4-6-3;1-2-3-4-5;1-2/h4H,1H2,2-3H3;3-4H,2H2,1H3;1-2H3/b;4-3+;. The third-order valence-electron chi connectivity index (χ3n) is 0.674. The fraction of sp³-hybridized carbons (Fsp3) is 0.545. The number of nitrogens with zero attached hydrogens (tertiary/aromatic N) is 1. The van der Waals surface area contributed by atoms with Gasteiger partial charge in [-0.15, -0.1) is 0 Å². The number of aliphatic imine (C=N–C) groups is 1. The van der Waals surface area contributed by atoms with Gasteiger partial charge in [-0.25, -0.2) is 4.39 Å². The molecule has 0 atom stereocenters. The molecule has 0 saturated carbocycles. The highest BCUT2D eigenvalue weighted by atomic mass is 19.1. The predicted molar refractivity (Wildman–Crippen MR) is 61.1 cm³/mol. The molecule has 0 fully saturated rings. The van der Waals surface area contributed by atoms with Crippen LogP contribution in [0.2, 0.25) is 0 Å². The zero-order valence-electron chi connectivity index (χ0n) is 9.47. The molecule has 0 aromatic rings. The van der Waals surface area contributed by atoms with E-state index in [0.717, 1.165) is 12.0 Å². The Bertz CT molecular complexity index is 137. The van der Waals surface area contributed by atoms with E-state index < -0.39 is 0 Å². The quantitative estimate of drug-likeness (QED) is 0.575. The zero-order valence-corrected chi connectivity index (χ0v) is 9.47. The lowest BCUT2D eigenvalue weighted by molar-refractivity contribution is 0.715. The van der Waals surface area contributed by atoms with E-state index in [1.165, 1.54) is 6.08 Å². The van der Waals surface area contributed by atoms with Crippen LogP contribution in [0.5, 0.6) is 0 Å². The van der Waals surface area contributed by atoms with Crippen LogP contribution in [0.1, 0.15) is 34.1 Å². The first-order valence-electron chi connectivity index (χ1n) is 4.51. The molecule has 0 unspecified atom stereocenters. The Hall–Kier alpha value is -0.920. The molecule has 78 valence electrons. The Morgan fingerprint density at radius 1 is 1.46 bits per heavy atom. The van der Waals surface area contributed by atoms with Crippen LogP contribution in [0, 0.1) is 0 Å². The van der Waals surface area contributed by atoms with Gasteiger partial charge in [0.05, 0.1) is 6.33 Å². The molecule has 0 amide bonds. The maximum atomic E-state index is 10.8. The maximum absolute atomic E-state index is 10.8. The molecule has 0 rings (SSSR count). The third-order valence-corrected chi connectivity index (χ3v) is 0.674. The number of rotatable bonds is 2. The summed E-state index contributed by atoms with van der Waals surface area (Å²) in [5.41, 5.74) is 0.998. The molecule has 0 aromatic heterocycles. The molecule has 0 heterocycles. The van der Waals surface area contributed by atoms with Gasteiger partial charge in [-0.05, 0) is 18.9 Å². The van der Waals surface area contributed by atoms with Crippen LogP contribution in [0.4, 0.5) is 4.39 Å². The van der Waals surface area contributed by atoms with E-state index in [1.807, 2.05) is 27.7 Å². The normalized spacial score (nSPS) is 8.77. The number of hydrogen-bond acceptors (Lipinski definition) is 1. The van der Waals surface area contributed by atoms with Crippen molar-refractivity contribution in [1.82, 2.24) is 0 Å². The van der Waals surface area contributed by atoms with E-state index in [9.17, 15) is 4.39 Å². The number of halogens is 1. The van der Waals surface area contributed by atoms with Gasteiger partial charge in [-0.1, -0.05) is 33.4 Å². The summed E-state index contributed by atoms with van der Waals surface area (Å²) in [6.45, 7) is 11.4. The fourth-order valence-electron chi connectivity index (χ4n) is 0.309. The van der Waals surface area contributed by atoms with Gasteiger partial charge in [-0.2, -0.15) is 0 Å². The average Bonchev–Trinajstić information content (AvgIpc) is 2.10. The van der Waals surface area contributed by atoms with Crippen LogP contribution >= 0.6 is 0 Å². The highest BCUT2D eigenvalue weighted by Crippen LogP contribution is 1.76. The van der Waals surface area contributed by atoms with Gasteiger partial charge in [-0.3, -0.25) is 4.99 Å². The maximum Gasteiger partial charge on any atom is 0.0826 e. The summed E-state index contributed by atoms with van der Waals surface area (Å²) >= 11 is 0. The molecular formula is C11H22FN. The van der Waals surface area contributed by atoms with E-state index in [2.05, 4.69) is 11.6 Å². The predicted octanol–water partition coefficient (Wildman–Crippen LogP) is 4.17. The van der Waals surface area contributed by atoms with Crippen molar-refractivity contribution >= 4 is 6.21 Å². The zero-order chi connectivity index (χ0) is 11.1. The summed E-state index contributed by atoms with van der Waals surface area (Å²) in [5, 5.41) is 0. The van der Waals surface area contributed by atoms with E-state index in [4.69, 9.17) is 0 Å². The van der Waals surface area contributed by atoms with E-state index >= 15 is 0 Å². The van der Waals surface area contributed by atoms with Crippen molar-refractivity contribution in [2.24, 2.45) is 4.99 Å². The van der Waals surface area contributed by atoms with Gasteiger partial charge < -0.3 is 0 Å². The highest BCUT2D eigenvalue weighted by Gasteiger charge is 1.65. The van der Waals surface area contributed by atoms with Gasteiger partial charge in [0.15, 0.2) is 0 Å². The topological polar surface area (TPSA) is 12.4 Å². The Balaban J connectivity index is -0.000000131. The van der Waals surface area contributed by atoms with Crippen molar-refractivity contribution in [1.29, 1.82) is 0 Å². The second-order valence-electron chi connectivity index (χ2n) is 2.00. The molecule has 0 radical (unpaired) electrons. The van der Waals surface area contributed by atoms with Gasteiger partial charge in [0.2, 0.25) is 0 Å². The molecule has 0 aliphatic carbocycles. The molecule has 0 N–H and O–H groups in total. The van der Waals surface area contributed by atoms with Gasteiger partial charge >= 0.3 is 0 Å². The molecule has 1 nitrogen and oxygen atoms in total. The van der Waals surface area contributed by atoms with Crippen LogP contribution in [-0.4, -0.2) is 13.3 Å². The molecule has 0 aromatic carbocycles. The number of hydrogen-bond donors (Lipinski definition) is 0. The second kappa shape index (κ2) is 22.5. The van der Waals surface area contributed by atoms with Gasteiger partial charge in [0.25, 0.3) is 0 Å². The second-order valence-corrected chi connectivity index (χ2v) is 2.00. The molecule has 0 saturated heterocycles. The first-order chi connectivity index (χ1) is 6.18. The van der Waals surface area contributed by atoms with Crippen molar-refractivity contribution in [2.75, 3.05) is 7.05 Å². The monoisotopic (exact) mass is 187 g/mol. The lowest BCUT2D eigenvalue weighted by atomic mass is 10.4. The first kappa shape index (κ1) is 18.0. The molecule has 2 heteroatoms. The Labute approximate surface area is 82.1 Å². The molecule has 0 aliphatic rings. The van der Waals surface area contributed by atoms with Gasteiger partial charge in [0.1, 0.15) is 0 Å². The summed E-state index contributed by atoms with van der Waals surface area (Å²) in [5.74, 6) is 0. The molecule has 0 bridgehead atoms. The minimum atomic E-state index is 0.556. The average molecular weight is 187 g/mol. The summed E-state index contributed by atoms with van der Waals surface area (Å²) < 4.78 is 10.8. The minimum absolute atomic E-state index is 0.556. The summed E-state index contributed by atoms with van der Waals surface area (Å²) in [6.07, 6.45) is 4.52. The smallest absolute Gasteiger partial charge is 0.0826 e. The van der Waals surface area contributed by atoms with Crippen molar-refractivity contribution < 1.29 is 4.39 Å². The SMILES string of the molecule is C=C(C)C=NC.CC.CC/C=C/F. The minimum Gasteiger partial charge on any atom is -0.296 e. The van der Waals surface area contributed by atoms with Crippen molar-refractivity contribution in [3.63, 3.8) is 0 Å². The molecular weight excluding hydrogens is 165 g/mol. The Morgan fingerprint density at radius 2 is 1.92 bits per heavy atom. The first-order valence-corrected chi connectivity index (χ1v) is 4.51. The van der Waals surface area contributed by atoms with Crippen LogP contribution < -0.4 is 0 Å². The molecule has 13 heavy (non-hydrogen) atoms. The van der Waals surface area contributed by atoms with Crippen LogP contribution in [0.15, 0.2) is 29.6 Å². The lowest BCUT2D eigenvalue weighted by Gasteiger charge is -1.75. The molecule has 0 aliphatic heterocycles. The highest BCUT2D eigenvalue weighted by molar-refractivity contribution is 5.76. The van der Waals surface area contributed by atoms with Crippen molar-refractivity contribution in [3.05, 3.63) is 24.6 Å². The van der Waals surface area contributed by atoms with Crippen LogP contribution in [0.3, 0.4) is 0 Å². The summed E-state index contributed by atoms with van der Waals surface area (Å²) in [7, 11) is 1.73. The van der Waals surface area contributed by atoms with Gasteiger partial charge in [0, 0.05) is 13.3 Å². The Morgan fingerprint density at radius 3 is 1.92 bits per heavy atom. The van der Waals surface area contributed by atoms with Crippen molar-refractivity contribution in [2.45, 2.75) is 34.1 Å². The lowest BCUT2D eigenvalue weighted by Crippen LogP contribution is -1.68. The molecule has 0 spiro atoms. The third kappa shape index (κ3) is 54.9. The summed E-state index contributed by atoms with van der Waals surface area (Å²) in [6, 6.07) is 0. The van der Waals surface area contributed by atoms with E-state index in [-0.39, 0.29) is 0 Å². The Kier molecular flexibility index (Phi) is 31.1. The van der Waals surface area contributed by atoms with E-state index in [0.29, 0.717) is 6.33 Å². The summed E-state index contributed by atoms with van der Waals surface area (Å²) in [4.78, 5) is 3.71.